The molecule has 0 spiro atoms. The third-order valence-electron chi connectivity index (χ3n) is 3.60. The highest BCUT2D eigenvalue weighted by Gasteiger charge is 2.09. The summed E-state index contributed by atoms with van der Waals surface area (Å²) in [7, 11) is 0. The quantitative estimate of drug-likeness (QED) is 0.552. The molecule has 4 aromatic rings. The molecule has 4 rings (SSSR count). The van der Waals surface area contributed by atoms with Crippen molar-refractivity contribution in [3.8, 4) is 10.6 Å². The summed E-state index contributed by atoms with van der Waals surface area (Å²) >= 11 is 1.29. The van der Waals surface area contributed by atoms with E-state index in [2.05, 4.69) is 35.9 Å². The Morgan fingerprint density at radius 1 is 1.00 bits per heavy atom. The van der Waals surface area contributed by atoms with E-state index in [0.717, 1.165) is 11.1 Å². The molecule has 0 bridgehead atoms. The molecule has 0 aliphatic carbocycles. The molecule has 0 atom stereocenters. The van der Waals surface area contributed by atoms with Gasteiger partial charge in [0.1, 0.15) is 17.7 Å². The van der Waals surface area contributed by atoms with Crippen LogP contribution in [0, 0.1) is 0 Å². The maximum atomic E-state index is 12.2. The fourth-order valence-electron chi connectivity index (χ4n) is 2.34. The summed E-state index contributed by atoms with van der Waals surface area (Å²) in [4.78, 5) is 20.0. The molecule has 9 nitrogen and oxygen atoms in total. The lowest BCUT2D eigenvalue weighted by Crippen LogP contribution is -2.19. The lowest BCUT2D eigenvalue weighted by Gasteiger charge is -2.06. The Kier molecular flexibility index (Phi) is 4.79. The Morgan fingerprint density at radius 2 is 1.81 bits per heavy atom. The second kappa shape index (κ2) is 7.70. The minimum atomic E-state index is -0.378. The third-order valence-corrected chi connectivity index (χ3v) is 4.48. The normalized spacial score (nSPS) is 10.5. The van der Waals surface area contributed by atoms with Gasteiger partial charge in [-0.25, -0.2) is 14.5 Å². The minimum Gasteiger partial charge on any atom is -0.308 e. The predicted octanol–water partition coefficient (Wildman–Crippen LogP) is 2.88. The predicted molar refractivity (Wildman–Crippen MR) is 101 cm³/mol. The van der Waals surface area contributed by atoms with Gasteiger partial charge in [0.25, 0.3) is 0 Å². The molecule has 0 fully saturated rings. The molecule has 134 valence electrons. The average Bonchev–Trinajstić information content (AvgIpc) is 3.36. The molecular formula is C17H14N8OS. The number of hydrogen-bond donors (Lipinski definition) is 2. The molecule has 1 aromatic carbocycles. The van der Waals surface area contributed by atoms with Crippen molar-refractivity contribution in [3.05, 3.63) is 67.0 Å². The zero-order valence-corrected chi connectivity index (χ0v) is 14.8. The van der Waals surface area contributed by atoms with Crippen molar-refractivity contribution in [2.24, 2.45) is 0 Å². The summed E-state index contributed by atoms with van der Waals surface area (Å²) in [5.74, 6) is 0. The first-order chi connectivity index (χ1) is 13.3. The van der Waals surface area contributed by atoms with E-state index in [9.17, 15) is 4.79 Å². The van der Waals surface area contributed by atoms with Crippen molar-refractivity contribution < 1.29 is 4.79 Å². The second-order valence-electron chi connectivity index (χ2n) is 5.52. The Morgan fingerprint density at radius 3 is 2.56 bits per heavy atom. The number of hydrogen-bond acceptors (Lipinski definition) is 7. The highest BCUT2D eigenvalue weighted by molar-refractivity contribution is 7.18. The number of rotatable bonds is 5. The van der Waals surface area contributed by atoms with Crippen LogP contribution in [-0.4, -0.2) is 36.0 Å². The molecule has 0 aliphatic rings. The van der Waals surface area contributed by atoms with Crippen molar-refractivity contribution in [2.45, 2.75) is 6.54 Å². The van der Waals surface area contributed by atoms with E-state index in [0.29, 0.717) is 22.4 Å². The fraction of sp³-hybridized carbons (Fsp3) is 0.0588. The van der Waals surface area contributed by atoms with Crippen LogP contribution < -0.4 is 10.6 Å². The molecule has 27 heavy (non-hydrogen) atoms. The number of amides is 2. The summed E-state index contributed by atoms with van der Waals surface area (Å²) in [5.41, 5.74) is 2.63. The Balaban J connectivity index is 1.35. The van der Waals surface area contributed by atoms with Crippen LogP contribution in [0.2, 0.25) is 0 Å². The first kappa shape index (κ1) is 16.8. The van der Waals surface area contributed by atoms with Crippen LogP contribution in [0.3, 0.4) is 0 Å². The highest BCUT2D eigenvalue weighted by atomic mass is 32.1. The Bertz CT molecular complexity index is 1010. The van der Waals surface area contributed by atoms with E-state index >= 15 is 0 Å². The van der Waals surface area contributed by atoms with E-state index in [4.69, 9.17) is 0 Å². The number of nitrogens with one attached hydrogen (secondary N) is 2. The van der Waals surface area contributed by atoms with Crippen LogP contribution in [0.15, 0.2) is 61.4 Å². The lowest BCUT2D eigenvalue weighted by atomic mass is 10.2. The average molecular weight is 378 g/mol. The zero-order valence-electron chi connectivity index (χ0n) is 14.0. The Labute approximate surface area is 158 Å². The Hall–Kier alpha value is -3.66. The molecule has 10 heteroatoms. The lowest BCUT2D eigenvalue weighted by molar-refractivity contribution is 0.262. The van der Waals surface area contributed by atoms with Crippen LogP contribution in [-0.2, 0) is 6.54 Å². The smallest absolute Gasteiger partial charge is 0.308 e. The molecule has 0 saturated heterocycles. The summed E-state index contributed by atoms with van der Waals surface area (Å²) in [6, 6.07) is 10.8. The SMILES string of the molecule is O=C(Nc1ccc(Cn2cncn2)cc1)Nc1nnc(-c2ccncc2)s1. The van der Waals surface area contributed by atoms with Crippen LogP contribution in [0.5, 0.6) is 0 Å². The van der Waals surface area contributed by atoms with E-state index in [-0.39, 0.29) is 6.03 Å². The minimum absolute atomic E-state index is 0.378. The monoisotopic (exact) mass is 378 g/mol. The van der Waals surface area contributed by atoms with E-state index in [1.165, 1.54) is 17.7 Å². The van der Waals surface area contributed by atoms with Crippen LogP contribution in [0.4, 0.5) is 15.6 Å². The van der Waals surface area contributed by atoms with Gasteiger partial charge in [-0.05, 0) is 29.8 Å². The van der Waals surface area contributed by atoms with E-state index in [1.54, 1.807) is 23.4 Å². The van der Waals surface area contributed by atoms with Crippen molar-refractivity contribution in [3.63, 3.8) is 0 Å². The first-order valence-corrected chi connectivity index (χ1v) is 8.81. The van der Waals surface area contributed by atoms with E-state index < -0.39 is 0 Å². The van der Waals surface area contributed by atoms with Crippen molar-refractivity contribution in [1.29, 1.82) is 0 Å². The molecule has 0 unspecified atom stereocenters. The summed E-state index contributed by atoms with van der Waals surface area (Å²) in [6.45, 7) is 0.620. The number of pyridine rings is 1. The number of anilines is 2. The summed E-state index contributed by atoms with van der Waals surface area (Å²) < 4.78 is 1.73. The highest BCUT2D eigenvalue weighted by Crippen LogP contribution is 2.25. The molecule has 2 amide bonds. The molecule has 3 aromatic heterocycles. The first-order valence-electron chi connectivity index (χ1n) is 7.99. The van der Waals surface area contributed by atoms with Gasteiger partial charge >= 0.3 is 6.03 Å². The molecule has 0 radical (unpaired) electrons. The maximum Gasteiger partial charge on any atom is 0.325 e. The maximum absolute atomic E-state index is 12.2. The van der Waals surface area contributed by atoms with Gasteiger partial charge in [-0.15, -0.1) is 10.2 Å². The van der Waals surface area contributed by atoms with Crippen molar-refractivity contribution in [1.82, 2.24) is 29.9 Å². The topological polar surface area (TPSA) is 111 Å². The van der Waals surface area contributed by atoms with Gasteiger partial charge in [0.2, 0.25) is 5.13 Å². The molecule has 0 saturated carbocycles. The van der Waals surface area contributed by atoms with Gasteiger partial charge in [0.05, 0.1) is 6.54 Å². The van der Waals surface area contributed by atoms with E-state index in [1.807, 2.05) is 36.4 Å². The number of carbonyl (C=O) groups excluding carboxylic acids is 1. The van der Waals surface area contributed by atoms with Gasteiger partial charge in [-0.1, -0.05) is 23.5 Å². The second-order valence-corrected chi connectivity index (χ2v) is 6.49. The standard InChI is InChI=1S/C17H14N8OS/c26-16(22-17-24-23-15(27-17)13-5-7-18-8-6-13)21-14-3-1-12(2-4-14)9-25-11-19-10-20-25/h1-8,10-11H,9H2,(H2,21,22,24,26). The van der Waals surface area contributed by atoms with Gasteiger partial charge in [0, 0.05) is 23.6 Å². The number of carbonyl (C=O) groups is 1. The third kappa shape index (κ3) is 4.30. The molecule has 0 aliphatic heterocycles. The number of urea groups is 1. The van der Waals surface area contributed by atoms with Gasteiger partial charge in [-0.3, -0.25) is 10.3 Å². The van der Waals surface area contributed by atoms with Crippen LogP contribution in [0.1, 0.15) is 5.56 Å². The summed E-state index contributed by atoms with van der Waals surface area (Å²) in [5, 5.41) is 18.7. The van der Waals surface area contributed by atoms with Gasteiger partial charge < -0.3 is 5.32 Å². The number of nitrogens with zero attached hydrogens (tertiary/aromatic N) is 6. The summed E-state index contributed by atoms with van der Waals surface area (Å²) in [6.07, 6.45) is 6.52. The molecular weight excluding hydrogens is 364 g/mol. The van der Waals surface area contributed by atoms with Gasteiger partial charge in [0.15, 0.2) is 0 Å². The van der Waals surface area contributed by atoms with Crippen molar-refractivity contribution in [2.75, 3.05) is 10.6 Å². The van der Waals surface area contributed by atoms with Crippen LogP contribution >= 0.6 is 11.3 Å². The largest absolute Gasteiger partial charge is 0.325 e. The van der Waals surface area contributed by atoms with Crippen LogP contribution in [0.25, 0.3) is 10.6 Å². The fourth-order valence-corrected chi connectivity index (χ4v) is 3.08. The molecule has 3 heterocycles. The zero-order chi connectivity index (χ0) is 18.5. The number of aromatic nitrogens is 6. The molecule has 2 N–H and O–H groups in total. The van der Waals surface area contributed by atoms with Crippen molar-refractivity contribution >= 4 is 28.2 Å². The van der Waals surface area contributed by atoms with Gasteiger partial charge in [-0.2, -0.15) is 5.10 Å². The number of benzene rings is 1.